The van der Waals surface area contributed by atoms with Gasteiger partial charge in [0.1, 0.15) is 0 Å². The average Bonchev–Trinajstić information content (AvgIpc) is 2.70. The molecule has 0 radical (unpaired) electrons. The Balaban J connectivity index is 1.74. The van der Waals surface area contributed by atoms with Gasteiger partial charge >= 0.3 is 0 Å². The zero-order chi connectivity index (χ0) is 12.3. The topological polar surface area (TPSA) is 24.9 Å². The summed E-state index contributed by atoms with van der Waals surface area (Å²) in [7, 11) is 0. The highest BCUT2D eigenvalue weighted by Crippen LogP contribution is 2.29. The van der Waals surface area contributed by atoms with E-state index in [4.69, 9.17) is 0 Å². The monoisotopic (exact) mass is 252 g/mol. The van der Waals surface area contributed by atoms with Crippen molar-refractivity contribution in [1.82, 2.24) is 10.3 Å². The number of aromatic nitrogens is 1. The fourth-order valence-corrected chi connectivity index (χ4v) is 3.53. The van der Waals surface area contributed by atoms with Crippen LogP contribution in [0.5, 0.6) is 0 Å². The minimum Gasteiger partial charge on any atom is -0.313 e. The molecule has 0 aromatic carbocycles. The molecule has 17 heavy (non-hydrogen) atoms. The predicted molar refractivity (Wildman–Crippen MR) is 74.5 cm³/mol. The minimum atomic E-state index is 0.722. The number of rotatable bonds is 4. The second kappa shape index (κ2) is 5.96. The van der Waals surface area contributed by atoms with Gasteiger partial charge in [-0.15, -0.1) is 11.3 Å². The van der Waals surface area contributed by atoms with Crippen LogP contribution in [0.2, 0.25) is 0 Å². The highest BCUT2D eigenvalue weighted by molar-refractivity contribution is 7.09. The van der Waals surface area contributed by atoms with Gasteiger partial charge in [-0.3, -0.25) is 0 Å². The zero-order valence-electron chi connectivity index (χ0n) is 11.2. The van der Waals surface area contributed by atoms with Crippen LogP contribution in [0.4, 0.5) is 0 Å². The van der Waals surface area contributed by atoms with Gasteiger partial charge in [0.25, 0.3) is 0 Å². The number of hydrogen-bond donors (Lipinski definition) is 1. The molecule has 2 nitrogen and oxygen atoms in total. The van der Waals surface area contributed by atoms with Gasteiger partial charge in [-0.1, -0.05) is 26.7 Å². The summed E-state index contributed by atoms with van der Waals surface area (Å²) < 4.78 is 0. The number of nitrogens with zero attached hydrogens (tertiary/aromatic N) is 1. The molecule has 0 saturated heterocycles. The van der Waals surface area contributed by atoms with Crippen LogP contribution in [-0.4, -0.2) is 17.6 Å². The first-order chi connectivity index (χ1) is 8.16. The Labute approximate surface area is 109 Å². The Hall–Kier alpha value is -0.410. The predicted octanol–water partition coefficient (Wildman–Crippen LogP) is 3.41. The number of aryl methyl sites for hydroxylation is 1. The van der Waals surface area contributed by atoms with E-state index in [0.717, 1.165) is 36.5 Å². The van der Waals surface area contributed by atoms with Gasteiger partial charge < -0.3 is 5.32 Å². The molecular weight excluding hydrogens is 228 g/mol. The second-order valence-electron chi connectivity index (χ2n) is 5.46. The Morgan fingerprint density at radius 3 is 2.94 bits per heavy atom. The van der Waals surface area contributed by atoms with E-state index in [2.05, 4.69) is 36.5 Å². The molecule has 2 rings (SSSR count). The lowest BCUT2D eigenvalue weighted by Gasteiger charge is -2.34. The summed E-state index contributed by atoms with van der Waals surface area (Å²) >= 11 is 1.79. The summed E-state index contributed by atoms with van der Waals surface area (Å²) in [6.45, 7) is 7.94. The molecule has 0 spiro atoms. The Bertz CT molecular complexity index is 348. The highest BCUT2D eigenvalue weighted by atomic mass is 32.1. The number of nitrogens with one attached hydrogen (secondary N) is 1. The van der Waals surface area contributed by atoms with E-state index in [9.17, 15) is 0 Å². The van der Waals surface area contributed by atoms with Crippen LogP contribution in [0.25, 0.3) is 0 Å². The van der Waals surface area contributed by atoms with Gasteiger partial charge in [-0.25, -0.2) is 4.98 Å². The molecule has 3 atom stereocenters. The molecule has 96 valence electrons. The van der Waals surface area contributed by atoms with Crippen LogP contribution >= 0.6 is 11.3 Å². The van der Waals surface area contributed by atoms with Crippen LogP contribution in [-0.2, 0) is 6.42 Å². The zero-order valence-corrected chi connectivity index (χ0v) is 12.0. The van der Waals surface area contributed by atoms with Crippen LogP contribution < -0.4 is 5.32 Å². The van der Waals surface area contributed by atoms with Crippen molar-refractivity contribution in [3.63, 3.8) is 0 Å². The van der Waals surface area contributed by atoms with Crippen LogP contribution in [0.3, 0.4) is 0 Å². The molecule has 1 heterocycles. The van der Waals surface area contributed by atoms with E-state index in [0.29, 0.717) is 0 Å². The van der Waals surface area contributed by atoms with Crippen molar-refractivity contribution in [3.05, 3.63) is 16.1 Å². The van der Waals surface area contributed by atoms with E-state index >= 15 is 0 Å². The lowest BCUT2D eigenvalue weighted by molar-refractivity contribution is 0.208. The summed E-state index contributed by atoms with van der Waals surface area (Å²) in [5.74, 6) is 1.70. The number of hydrogen-bond acceptors (Lipinski definition) is 3. The molecule has 1 aliphatic carbocycles. The highest BCUT2D eigenvalue weighted by Gasteiger charge is 2.26. The first-order valence-corrected chi connectivity index (χ1v) is 7.69. The second-order valence-corrected chi connectivity index (χ2v) is 6.40. The van der Waals surface area contributed by atoms with Crippen molar-refractivity contribution in [2.24, 2.45) is 11.8 Å². The molecular formula is C14H24N2S. The van der Waals surface area contributed by atoms with Crippen molar-refractivity contribution in [3.8, 4) is 0 Å². The maximum absolute atomic E-state index is 4.51. The summed E-state index contributed by atoms with van der Waals surface area (Å²) in [6.07, 6.45) is 5.23. The van der Waals surface area contributed by atoms with Crippen LogP contribution in [0.15, 0.2) is 5.38 Å². The average molecular weight is 252 g/mol. The van der Waals surface area contributed by atoms with Crippen LogP contribution in [0, 0.1) is 18.8 Å². The Kier molecular flexibility index (Phi) is 4.57. The molecule has 1 saturated carbocycles. The third kappa shape index (κ3) is 3.52. The quantitative estimate of drug-likeness (QED) is 0.888. The molecule has 1 aromatic heterocycles. The molecule has 0 amide bonds. The van der Waals surface area contributed by atoms with Crippen molar-refractivity contribution < 1.29 is 0 Å². The first kappa shape index (κ1) is 13.0. The summed E-state index contributed by atoms with van der Waals surface area (Å²) in [6, 6.07) is 0.722. The van der Waals surface area contributed by atoms with E-state index in [1.54, 1.807) is 11.3 Å². The van der Waals surface area contributed by atoms with E-state index in [1.165, 1.54) is 24.3 Å². The Morgan fingerprint density at radius 1 is 1.41 bits per heavy atom. The molecule has 3 unspecified atom stereocenters. The molecule has 0 bridgehead atoms. The van der Waals surface area contributed by atoms with Gasteiger partial charge in [-0.2, -0.15) is 0 Å². The van der Waals surface area contributed by atoms with Gasteiger partial charge in [0, 0.05) is 30.1 Å². The molecule has 1 aliphatic rings. The van der Waals surface area contributed by atoms with E-state index in [1.807, 2.05) is 0 Å². The fraction of sp³-hybridized carbons (Fsp3) is 0.786. The third-order valence-electron chi connectivity index (χ3n) is 4.12. The number of thiazole rings is 1. The SMILES string of the molecule is Cc1csc(CCNC2CCCC(C)C2C)n1. The van der Waals surface area contributed by atoms with Crippen molar-refractivity contribution >= 4 is 11.3 Å². The van der Waals surface area contributed by atoms with Crippen LogP contribution in [0.1, 0.15) is 43.8 Å². The Morgan fingerprint density at radius 2 is 2.24 bits per heavy atom. The van der Waals surface area contributed by atoms with E-state index < -0.39 is 0 Å². The third-order valence-corrected chi connectivity index (χ3v) is 5.15. The van der Waals surface area contributed by atoms with E-state index in [-0.39, 0.29) is 0 Å². The summed E-state index contributed by atoms with van der Waals surface area (Å²) in [4.78, 5) is 4.51. The first-order valence-electron chi connectivity index (χ1n) is 6.81. The standard InChI is InChI=1S/C14H24N2S/c1-10-5-4-6-13(12(10)3)15-8-7-14-16-11(2)9-17-14/h9-10,12-13,15H,4-8H2,1-3H3. The van der Waals surface area contributed by atoms with Gasteiger partial charge in [0.2, 0.25) is 0 Å². The molecule has 0 aliphatic heterocycles. The molecule has 1 aromatic rings. The van der Waals surface area contributed by atoms with Gasteiger partial charge in [0.15, 0.2) is 0 Å². The minimum absolute atomic E-state index is 0.722. The lowest BCUT2D eigenvalue weighted by Crippen LogP contribution is -2.41. The van der Waals surface area contributed by atoms with Crippen molar-refractivity contribution in [2.75, 3.05) is 6.54 Å². The normalized spacial score (nSPS) is 29.5. The lowest BCUT2D eigenvalue weighted by atomic mass is 9.78. The molecule has 1 fully saturated rings. The fourth-order valence-electron chi connectivity index (χ4n) is 2.75. The maximum atomic E-state index is 4.51. The van der Waals surface area contributed by atoms with Gasteiger partial charge in [0.05, 0.1) is 5.01 Å². The molecule has 3 heteroatoms. The summed E-state index contributed by atoms with van der Waals surface area (Å²) in [5, 5.41) is 7.14. The maximum Gasteiger partial charge on any atom is 0.0940 e. The largest absolute Gasteiger partial charge is 0.313 e. The van der Waals surface area contributed by atoms with Crippen molar-refractivity contribution in [2.45, 2.75) is 52.5 Å². The summed E-state index contributed by atoms with van der Waals surface area (Å²) in [5.41, 5.74) is 1.16. The smallest absolute Gasteiger partial charge is 0.0940 e. The van der Waals surface area contributed by atoms with Gasteiger partial charge in [-0.05, 0) is 25.2 Å². The van der Waals surface area contributed by atoms with Crippen molar-refractivity contribution in [1.29, 1.82) is 0 Å². The molecule has 1 N–H and O–H groups in total.